The summed E-state index contributed by atoms with van der Waals surface area (Å²) in [5, 5.41) is 0. The van der Waals surface area contributed by atoms with Gasteiger partial charge in [0.25, 0.3) is 0 Å². The number of rotatable bonds is 3. The third-order valence-corrected chi connectivity index (χ3v) is 3.47. The van der Waals surface area contributed by atoms with Crippen LogP contribution in [0.25, 0.3) is 11.1 Å². The van der Waals surface area contributed by atoms with Gasteiger partial charge in [0.2, 0.25) is 6.29 Å². The van der Waals surface area contributed by atoms with E-state index in [1.54, 1.807) is 0 Å². The number of hydrogen-bond acceptors (Lipinski definition) is 2. The van der Waals surface area contributed by atoms with Crippen LogP contribution in [0.4, 0.5) is 0 Å². The van der Waals surface area contributed by atoms with Crippen molar-refractivity contribution in [3.63, 3.8) is 0 Å². The van der Waals surface area contributed by atoms with Crippen LogP contribution in [0.2, 0.25) is 0 Å². The quantitative estimate of drug-likeness (QED) is 0.757. The lowest BCUT2D eigenvalue weighted by molar-refractivity contribution is 0.541. The Morgan fingerprint density at radius 3 is 2.72 bits per heavy atom. The summed E-state index contributed by atoms with van der Waals surface area (Å²) < 4.78 is 0. The number of carbonyl (C=O) groups excluding carboxylic acids is 1. The number of hydrogen-bond donors (Lipinski definition) is 1. The molecule has 1 aliphatic carbocycles. The molecule has 1 atom stereocenters. The average Bonchev–Trinajstić information content (AvgIpc) is 2.76. The van der Waals surface area contributed by atoms with Crippen molar-refractivity contribution in [2.24, 2.45) is 5.73 Å². The van der Waals surface area contributed by atoms with E-state index in [1.165, 1.54) is 22.3 Å². The molecule has 3 rings (SSSR count). The Labute approximate surface area is 106 Å². The van der Waals surface area contributed by atoms with Crippen LogP contribution in [0, 0.1) is 0 Å². The van der Waals surface area contributed by atoms with Crippen LogP contribution in [0.5, 0.6) is 0 Å². The zero-order chi connectivity index (χ0) is 12.5. The first-order valence-electron chi connectivity index (χ1n) is 6.11. The molecule has 0 heterocycles. The maximum atomic E-state index is 10.5. The van der Waals surface area contributed by atoms with E-state index in [9.17, 15) is 4.79 Å². The normalized spacial score (nSPS) is 13.8. The summed E-state index contributed by atoms with van der Waals surface area (Å²) in [6.07, 6.45) is 3.36. The summed E-state index contributed by atoms with van der Waals surface area (Å²) in [7, 11) is 0. The van der Waals surface area contributed by atoms with E-state index in [4.69, 9.17) is 5.73 Å². The lowest BCUT2D eigenvalue weighted by atomic mass is 10.0. The monoisotopic (exact) mass is 236 g/mol. The fourth-order valence-electron chi connectivity index (χ4n) is 2.62. The topological polar surface area (TPSA) is 43.1 Å². The molecule has 0 aliphatic heterocycles. The highest BCUT2D eigenvalue weighted by molar-refractivity contribution is 5.77. The molecule has 0 amide bonds. The average molecular weight is 236 g/mol. The predicted octanol–water partition coefficient (Wildman–Crippen LogP) is 2.24. The number of nitrogens with two attached hydrogens (primary N) is 1. The number of benzene rings is 2. The first-order valence-corrected chi connectivity index (χ1v) is 6.11. The Morgan fingerprint density at radius 2 is 1.89 bits per heavy atom. The van der Waals surface area contributed by atoms with Crippen LogP contribution in [0.1, 0.15) is 16.7 Å². The molecule has 2 heteroatoms. The molecule has 18 heavy (non-hydrogen) atoms. The highest BCUT2D eigenvalue weighted by Crippen LogP contribution is 2.36. The van der Waals surface area contributed by atoms with Crippen LogP contribution in [0.3, 0.4) is 0 Å². The van der Waals surface area contributed by atoms with Gasteiger partial charge in [0.1, 0.15) is 0 Å². The molecule has 0 bridgehead atoms. The van der Waals surface area contributed by atoms with E-state index in [-0.39, 0.29) is 0 Å². The molecule has 1 aliphatic rings. The summed E-state index contributed by atoms with van der Waals surface area (Å²) in [6, 6.07) is 14.3. The van der Waals surface area contributed by atoms with E-state index in [0.29, 0.717) is 6.42 Å². The van der Waals surface area contributed by atoms with Crippen molar-refractivity contribution >= 4 is 6.29 Å². The molecule has 0 spiro atoms. The van der Waals surface area contributed by atoms with Gasteiger partial charge in [-0.15, -0.1) is 0 Å². The van der Waals surface area contributed by atoms with Crippen molar-refractivity contribution in [1.82, 2.24) is 0 Å². The summed E-state index contributed by atoms with van der Waals surface area (Å²) in [6.45, 7) is 0. The van der Waals surface area contributed by atoms with E-state index in [0.717, 1.165) is 12.0 Å². The van der Waals surface area contributed by atoms with Crippen LogP contribution < -0.4 is 5.73 Å². The van der Waals surface area contributed by atoms with Gasteiger partial charge in [-0.25, -0.2) is 0 Å². The molecule has 2 N–H and O–H groups in total. The Bertz CT molecular complexity index is 604. The van der Waals surface area contributed by atoms with Crippen molar-refractivity contribution < 1.29 is 4.79 Å². The van der Waals surface area contributed by atoms with Gasteiger partial charge in [-0.2, -0.15) is 0 Å². The summed E-state index contributed by atoms with van der Waals surface area (Å²) in [5.74, 6) is 0. The van der Waals surface area contributed by atoms with Crippen molar-refractivity contribution in [3.8, 4) is 11.1 Å². The summed E-state index contributed by atoms with van der Waals surface area (Å²) in [4.78, 5) is 10.5. The standard InChI is InChI=1S/C16H14NO/c17-14(10-18)8-11-5-6-16-13(7-11)9-12-3-1-2-4-15(12)16/h1-7,14H,8-9,17H2. The molecule has 0 saturated carbocycles. The minimum absolute atomic E-state index is 0.521. The zero-order valence-corrected chi connectivity index (χ0v) is 10.0. The van der Waals surface area contributed by atoms with Gasteiger partial charge < -0.3 is 5.73 Å². The lowest BCUT2D eigenvalue weighted by Gasteiger charge is -2.06. The SMILES string of the molecule is NC([C]=O)Cc1ccc2c(c1)Cc1ccccc1-2. The second-order valence-electron chi connectivity index (χ2n) is 4.75. The largest absolute Gasteiger partial charge is 0.321 e. The van der Waals surface area contributed by atoms with Gasteiger partial charge in [-0.3, -0.25) is 4.79 Å². The highest BCUT2D eigenvalue weighted by Gasteiger charge is 2.18. The van der Waals surface area contributed by atoms with Gasteiger partial charge in [0.15, 0.2) is 0 Å². The second kappa shape index (κ2) is 4.39. The Kier molecular flexibility index (Phi) is 2.73. The van der Waals surface area contributed by atoms with Crippen molar-refractivity contribution in [2.75, 3.05) is 0 Å². The molecule has 2 aromatic rings. The molecule has 0 saturated heterocycles. The smallest absolute Gasteiger partial charge is 0.217 e. The molecule has 1 unspecified atom stereocenters. The number of fused-ring (bicyclic) bond motifs is 3. The van der Waals surface area contributed by atoms with Crippen LogP contribution in [-0.2, 0) is 17.6 Å². The molecule has 0 fully saturated rings. The molecular formula is C16H14NO. The summed E-state index contributed by atoms with van der Waals surface area (Å²) in [5.41, 5.74) is 12.0. The molecule has 1 radical (unpaired) electrons. The van der Waals surface area contributed by atoms with Crippen molar-refractivity contribution in [3.05, 3.63) is 59.2 Å². The maximum Gasteiger partial charge on any atom is 0.217 e. The third kappa shape index (κ3) is 1.85. The maximum absolute atomic E-state index is 10.5. The first-order chi connectivity index (χ1) is 8.78. The van der Waals surface area contributed by atoms with Crippen molar-refractivity contribution in [1.29, 1.82) is 0 Å². The second-order valence-corrected chi connectivity index (χ2v) is 4.75. The Morgan fingerprint density at radius 1 is 1.11 bits per heavy atom. The van der Waals surface area contributed by atoms with Gasteiger partial charge >= 0.3 is 0 Å². The van der Waals surface area contributed by atoms with Gasteiger partial charge in [0, 0.05) is 0 Å². The van der Waals surface area contributed by atoms with E-state index < -0.39 is 6.04 Å². The van der Waals surface area contributed by atoms with Crippen LogP contribution in [-0.4, -0.2) is 12.3 Å². The van der Waals surface area contributed by atoms with E-state index >= 15 is 0 Å². The van der Waals surface area contributed by atoms with Crippen LogP contribution in [0.15, 0.2) is 42.5 Å². The fraction of sp³-hybridized carbons (Fsp3) is 0.188. The molecule has 2 nitrogen and oxygen atoms in total. The fourth-order valence-corrected chi connectivity index (χ4v) is 2.62. The Hall–Kier alpha value is -1.93. The Balaban J connectivity index is 1.96. The zero-order valence-electron chi connectivity index (χ0n) is 10.0. The minimum Gasteiger partial charge on any atom is -0.321 e. The molecule has 0 aromatic heterocycles. The van der Waals surface area contributed by atoms with Crippen LogP contribution >= 0.6 is 0 Å². The molecule has 89 valence electrons. The molecule has 2 aromatic carbocycles. The predicted molar refractivity (Wildman–Crippen MR) is 72.1 cm³/mol. The van der Waals surface area contributed by atoms with Crippen molar-refractivity contribution in [2.45, 2.75) is 18.9 Å². The van der Waals surface area contributed by atoms with E-state index in [1.807, 2.05) is 6.29 Å². The highest BCUT2D eigenvalue weighted by atomic mass is 16.1. The third-order valence-electron chi connectivity index (χ3n) is 3.47. The lowest BCUT2D eigenvalue weighted by Crippen LogP contribution is -2.24. The van der Waals surface area contributed by atoms with Gasteiger partial charge in [0.05, 0.1) is 6.04 Å². The van der Waals surface area contributed by atoms with Gasteiger partial charge in [-0.1, -0.05) is 42.5 Å². The minimum atomic E-state index is -0.521. The van der Waals surface area contributed by atoms with Gasteiger partial charge in [-0.05, 0) is 40.7 Å². The van der Waals surface area contributed by atoms with E-state index in [2.05, 4.69) is 42.5 Å². The summed E-state index contributed by atoms with van der Waals surface area (Å²) >= 11 is 0. The molecular weight excluding hydrogens is 222 g/mol. The first kappa shape index (κ1) is 11.2.